The van der Waals surface area contributed by atoms with Crippen LogP contribution in [-0.2, 0) is 0 Å². The minimum absolute atomic E-state index is 0.0662. The van der Waals surface area contributed by atoms with Gasteiger partial charge in [0.05, 0.1) is 27.1 Å². The Morgan fingerprint density at radius 2 is 2.05 bits per heavy atom. The molecule has 1 fully saturated rings. The predicted octanol–water partition coefficient (Wildman–Crippen LogP) is 3.91. The molecule has 0 atom stereocenters. The topological polar surface area (TPSA) is 46.3 Å². The van der Waals surface area contributed by atoms with Crippen LogP contribution in [0, 0.1) is 0 Å². The summed E-state index contributed by atoms with van der Waals surface area (Å²) in [5.41, 5.74) is 1.72. The average Bonchev–Trinajstić information content (AvgIpc) is 3.23. The fraction of sp³-hybridized carbons (Fsp3) is 0.294. The Bertz CT molecular complexity index is 753. The molecule has 2 aromatic heterocycles. The molecular weight excluding hydrogens is 296 g/mol. The van der Waals surface area contributed by atoms with E-state index in [9.17, 15) is 4.79 Å². The van der Waals surface area contributed by atoms with Crippen molar-refractivity contribution < 1.29 is 9.21 Å². The Morgan fingerprint density at radius 1 is 1.23 bits per heavy atom. The van der Waals surface area contributed by atoms with E-state index in [1.807, 2.05) is 11.0 Å². The number of fused-ring (bicyclic) bond motifs is 1. The SMILES string of the molecule is O=C(c1ccoc1)N1CCC(c2nc3ccccc3s2)CC1. The number of furan rings is 1. The summed E-state index contributed by atoms with van der Waals surface area (Å²) in [5.74, 6) is 0.530. The molecule has 22 heavy (non-hydrogen) atoms. The zero-order valence-corrected chi connectivity index (χ0v) is 12.9. The van der Waals surface area contributed by atoms with Gasteiger partial charge in [-0.2, -0.15) is 0 Å². The lowest BCUT2D eigenvalue weighted by Gasteiger charge is -2.30. The van der Waals surface area contributed by atoms with Gasteiger partial charge in [0.2, 0.25) is 0 Å². The highest BCUT2D eigenvalue weighted by Gasteiger charge is 2.26. The number of benzene rings is 1. The van der Waals surface area contributed by atoms with E-state index in [1.165, 1.54) is 16.0 Å². The third-order valence-corrected chi connectivity index (χ3v) is 5.41. The van der Waals surface area contributed by atoms with Gasteiger partial charge >= 0.3 is 0 Å². The number of nitrogens with zero attached hydrogens (tertiary/aromatic N) is 2. The van der Waals surface area contributed by atoms with E-state index in [0.717, 1.165) is 31.4 Å². The average molecular weight is 312 g/mol. The summed E-state index contributed by atoms with van der Waals surface area (Å²) in [4.78, 5) is 19.0. The third-order valence-electron chi connectivity index (χ3n) is 4.21. The second-order valence-electron chi connectivity index (χ2n) is 5.60. The minimum Gasteiger partial charge on any atom is -0.472 e. The van der Waals surface area contributed by atoms with Gasteiger partial charge < -0.3 is 9.32 Å². The quantitative estimate of drug-likeness (QED) is 0.721. The van der Waals surface area contributed by atoms with Crippen molar-refractivity contribution in [2.24, 2.45) is 0 Å². The van der Waals surface area contributed by atoms with E-state index in [4.69, 9.17) is 9.40 Å². The third kappa shape index (κ3) is 2.41. The molecule has 0 saturated carbocycles. The minimum atomic E-state index is 0.0662. The first kappa shape index (κ1) is 13.5. The van der Waals surface area contributed by atoms with Crippen molar-refractivity contribution in [1.29, 1.82) is 0 Å². The van der Waals surface area contributed by atoms with Crippen molar-refractivity contribution in [1.82, 2.24) is 9.88 Å². The first-order valence-corrected chi connectivity index (χ1v) is 8.30. The molecule has 112 valence electrons. The van der Waals surface area contributed by atoms with Gasteiger partial charge in [-0.25, -0.2) is 4.98 Å². The van der Waals surface area contributed by atoms with Gasteiger partial charge in [0.1, 0.15) is 6.26 Å². The number of thiazole rings is 1. The molecule has 4 nitrogen and oxygen atoms in total. The number of aromatic nitrogens is 1. The van der Waals surface area contributed by atoms with Crippen molar-refractivity contribution in [3.63, 3.8) is 0 Å². The zero-order chi connectivity index (χ0) is 14.9. The largest absolute Gasteiger partial charge is 0.472 e. The van der Waals surface area contributed by atoms with Crippen molar-refractivity contribution in [2.45, 2.75) is 18.8 Å². The molecule has 3 aromatic rings. The molecule has 1 amide bonds. The number of para-hydroxylation sites is 1. The zero-order valence-electron chi connectivity index (χ0n) is 12.1. The first-order chi connectivity index (χ1) is 10.8. The predicted molar refractivity (Wildman–Crippen MR) is 86.2 cm³/mol. The molecule has 1 aliphatic heterocycles. The van der Waals surface area contributed by atoms with Crippen LogP contribution < -0.4 is 0 Å². The highest BCUT2D eigenvalue weighted by atomic mass is 32.1. The lowest BCUT2D eigenvalue weighted by Crippen LogP contribution is -2.37. The number of hydrogen-bond acceptors (Lipinski definition) is 4. The molecule has 0 spiro atoms. The molecular formula is C17H16N2O2S. The summed E-state index contributed by atoms with van der Waals surface area (Å²) in [5, 5.41) is 1.21. The molecule has 0 N–H and O–H groups in total. The number of carbonyl (C=O) groups is 1. The summed E-state index contributed by atoms with van der Waals surface area (Å²) >= 11 is 1.78. The van der Waals surface area contributed by atoms with E-state index in [1.54, 1.807) is 23.7 Å². The molecule has 1 saturated heterocycles. The van der Waals surface area contributed by atoms with Crippen molar-refractivity contribution >= 4 is 27.5 Å². The molecule has 0 unspecified atom stereocenters. The summed E-state index contributed by atoms with van der Waals surface area (Å²) in [7, 11) is 0. The fourth-order valence-corrected chi connectivity index (χ4v) is 4.10. The van der Waals surface area contributed by atoms with E-state index < -0.39 is 0 Å². The summed E-state index contributed by atoms with van der Waals surface area (Å²) in [6.45, 7) is 1.56. The Hall–Kier alpha value is -2.14. The van der Waals surface area contributed by atoms with Gasteiger partial charge in [-0.1, -0.05) is 12.1 Å². The van der Waals surface area contributed by atoms with E-state index in [0.29, 0.717) is 11.5 Å². The molecule has 3 heterocycles. The highest BCUT2D eigenvalue weighted by molar-refractivity contribution is 7.18. The van der Waals surface area contributed by atoms with Crippen molar-refractivity contribution in [3.8, 4) is 0 Å². The van der Waals surface area contributed by atoms with E-state index >= 15 is 0 Å². The van der Waals surface area contributed by atoms with Gasteiger partial charge in [0, 0.05) is 19.0 Å². The second kappa shape index (κ2) is 5.57. The lowest BCUT2D eigenvalue weighted by atomic mass is 9.97. The maximum absolute atomic E-state index is 12.3. The van der Waals surface area contributed by atoms with Crippen molar-refractivity contribution in [2.75, 3.05) is 13.1 Å². The number of likely N-dealkylation sites (tertiary alicyclic amines) is 1. The van der Waals surface area contributed by atoms with Gasteiger partial charge in [-0.15, -0.1) is 11.3 Å². The number of rotatable bonds is 2. The Kier molecular flexibility index (Phi) is 3.42. The molecule has 0 aliphatic carbocycles. The number of piperidine rings is 1. The summed E-state index contributed by atoms with van der Waals surface area (Å²) in [6, 6.07) is 9.98. The maximum Gasteiger partial charge on any atom is 0.257 e. The van der Waals surface area contributed by atoms with Gasteiger partial charge in [-0.05, 0) is 31.0 Å². The molecule has 1 aromatic carbocycles. The Labute approximate surface area is 132 Å². The Morgan fingerprint density at radius 3 is 2.77 bits per heavy atom. The fourth-order valence-electron chi connectivity index (χ4n) is 2.96. The first-order valence-electron chi connectivity index (χ1n) is 7.48. The number of hydrogen-bond donors (Lipinski definition) is 0. The second-order valence-corrected chi connectivity index (χ2v) is 6.66. The highest BCUT2D eigenvalue weighted by Crippen LogP contribution is 2.34. The van der Waals surface area contributed by atoms with Crippen LogP contribution in [0.2, 0.25) is 0 Å². The van der Waals surface area contributed by atoms with Gasteiger partial charge in [-0.3, -0.25) is 4.79 Å². The van der Waals surface area contributed by atoms with Crippen molar-refractivity contribution in [3.05, 3.63) is 53.4 Å². The van der Waals surface area contributed by atoms with E-state index in [-0.39, 0.29) is 5.91 Å². The smallest absolute Gasteiger partial charge is 0.257 e. The molecule has 5 heteroatoms. The lowest BCUT2D eigenvalue weighted by molar-refractivity contribution is 0.0712. The molecule has 0 bridgehead atoms. The number of carbonyl (C=O) groups excluding carboxylic acids is 1. The molecule has 0 radical (unpaired) electrons. The Balaban J connectivity index is 1.46. The van der Waals surface area contributed by atoms with Crippen LogP contribution in [0.1, 0.15) is 34.1 Å². The molecule has 4 rings (SSSR count). The standard InChI is InChI=1S/C17H16N2O2S/c20-17(13-7-10-21-11-13)19-8-5-12(6-9-19)16-18-14-3-1-2-4-15(14)22-16/h1-4,7,10-12H,5-6,8-9H2. The van der Waals surface area contributed by atoms with Crippen LogP contribution in [0.15, 0.2) is 47.3 Å². The monoisotopic (exact) mass is 312 g/mol. The van der Waals surface area contributed by atoms with Crippen LogP contribution in [0.5, 0.6) is 0 Å². The number of amides is 1. The van der Waals surface area contributed by atoms with Crippen LogP contribution in [0.4, 0.5) is 0 Å². The maximum atomic E-state index is 12.3. The van der Waals surface area contributed by atoms with Crippen LogP contribution >= 0.6 is 11.3 Å². The summed E-state index contributed by atoms with van der Waals surface area (Å²) < 4.78 is 6.24. The van der Waals surface area contributed by atoms with Crippen LogP contribution in [0.25, 0.3) is 10.2 Å². The van der Waals surface area contributed by atoms with E-state index in [2.05, 4.69) is 18.2 Å². The van der Waals surface area contributed by atoms with Gasteiger partial charge in [0.15, 0.2) is 0 Å². The van der Waals surface area contributed by atoms with Crippen LogP contribution in [-0.4, -0.2) is 28.9 Å². The van der Waals surface area contributed by atoms with Gasteiger partial charge in [0.25, 0.3) is 5.91 Å². The molecule has 1 aliphatic rings. The summed E-state index contributed by atoms with van der Waals surface area (Å²) in [6.07, 6.45) is 5.01. The normalized spacial score (nSPS) is 16.3. The van der Waals surface area contributed by atoms with Crippen LogP contribution in [0.3, 0.4) is 0 Å².